The average Bonchev–Trinajstić information content (AvgIpc) is 2.60. The third-order valence-corrected chi connectivity index (χ3v) is 4.18. The highest BCUT2D eigenvalue weighted by Crippen LogP contribution is 2.11. The van der Waals surface area contributed by atoms with Gasteiger partial charge in [-0.2, -0.15) is 11.8 Å². The number of benzene rings is 1. The van der Waals surface area contributed by atoms with Crippen molar-refractivity contribution in [3.05, 3.63) is 65.5 Å². The van der Waals surface area contributed by atoms with E-state index in [1.807, 2.05) is 42.5 Å². The van der Waals surface area contributed by atoms with E-state index in [1.54, 1.807) is 18.0 Å². The molecular weight excluding hydrogens is 308 g/mol. The lowest BCUT2D eigenvalue weighted by Gasteiger charge is -2.15. The van der Waals surface area contributed by atoms with Crippen LogP contribution in [-0.4, -0.2) is 35.4 Å². The number of rotatable bonds is 8. The van der Waals surface area contributed by atoms with Crippen molar-refractivity contribution in [3.8, 4) is 0 Å². The molecular formula is C18H22N2O2S. The summed E-state index contributed by atoms with van der Waals surface area (Å²) in [6.45, 7) is 0.446. The van der Waals surface area contributed by atoms with E-state index in [0.29, 0.717) is 18.5 Å². The molecule has 0 aliphatic rings. The Hall–Kier alpha value is -1.85. The van der Waals surface area contributed by atoms with Crippen molar-refractivity contribution in [2.24, 2.45) is 5.92 Å². The predicted molar refractivity (Wildman–Crippen MR) is 94.5 cm³/mol. The third kappa shape index (κ3) is 5.69. The highest BCUT2D eigenvalue weighted by molar-refractivity contribution is 7.97. The second-order valence-corrected chi connectivity index (χ2v) is 6.28. The number of amides is 1. The monoisotopic (exact) mass is 330 g/mol. The van der Waals surface area contributed by atoms with Crippen LogP contribution in [0.5, 0.6) is 0 Å². The van der Waals surface area contributed by atoms with Gasteiger partial charge in [0.25, 0.3) is 5.91 Å². The second kappa shape index (κ2) is 9.33. The van der Waals surface area contributed by atoms with Gasteiger partial charge in [-0.05, 0) is 42.5 Å². The summed E-state index contributed by atoms with van der Waals surface area (Å²) in [5.41, 5.74) is 2.77. The molecule has 1 aromatic heterocycles. The largest absolute Gasteiger partial charge is 0.396 e. The van der Waals surface area contributed by atoms with E-state index in [4.69, 9.17) is 0 Å². The van der Waals surface area contributed by atoms with E-state index >= 15 is 0 Å². The van der Waals surface area contributed by atoms with Gasteiger partial charge in [-0.3, -0.25) is 9.78 Å². The van der Waals surface area contributed by atoms with E-state index in [-0.39, 0.29) is 18.4 Å². The topological polar surface area (TPSA) is 62.2 Å². The van der Waals surface area contributed by atoms with Crippen molar-refractivity contribution in [2.75, 3.05) is 19.4 Å². The Balaban J connectivity index is 1.86. The van der Waals surface area contributed by atoms with Gasteiger partial charge < -0.3 is 10.4 Å². The van der Waals surface area contributed by atoms with Gasteiger partial charge in [-0.15, -0.1) is 0 Å². The maximum absolute atomic E-state index is 12.2. The molecule has 2 aromatic rings. The molecule has 0 saturated heterocycles. The van der Waals surface area contributed by atoms with Crippen molar-refractivity contribution in [1.82, 2.24) is 10.3 Å². The molecule has 0 spiro atoms. The van der Waals surface area contributed by atoms with Gasteiger partial charge in [0.05, 0.1) is 0 Å². The van der Waals surface area contributed by atoms with Gasteiger partial charge in [0.2, 0.25) is 0 Å². The number of hydrogen-bond acceptors (Lipinski definition) is 4. The molecule has 2 rings (SSSR count). The number of nitrogens with one attached hydrogen (secondary N) is 1. The first-order chi connectivity index (χ1) is 11.2. The van der Waals surface area contributed by atoms with Crippen molar-refractivity contribution < 1.29 is 9.90 Å². The van der Waals surface area contributed by atoms with Gasteiger partial charge in [0.1, 0.15) is 0 Å². The summed E-state index contributed by atoms with van der Waals surface area (Å²) in [5, 5.41) is 12.4. The Bertz CT molecular complexity index is 602. The quantitative estimate of drug-likeness (QED) is 0.781. The first-order valence-electron chi connectivity index (χ1n) is 7.59. The summed E-state index contributed by atoms with van der Waals surface area (Å²) in [6.07, 6.45) is 4.43. The minimum absolute atomic E-state index is 0.0174. The molecule has 5 heteroatoms. The van der Waals surface area contributed by atoms with Crippen molar-refractivity contribution >= 4 is 17.7 Å². The number of hydrogen-bond donors (Lipinski definition) is 2. The zero-order valence-corrected chi connectivity index (χ0v) is 14.1. The molecule has 122 valence electrons. The van der Waals surface area contributed by atoms with Crippen molar-refractivity contribution in [3.63, 3.8) is 0 Å². The smallest absolute Gasteiger partial charge is 0.251 e. The molecule has 23 heavy (non-hydrogen) atoms. The Labute approximate surface area is 141 Å². The molecule has 1 aromatic carbocycles. The fourth-order valence-electron chi connectivity index (χ4n) is 2.27. The number of carbonyl (C=O) groups is 1. The lowest BCUT2D eigenvalue weighted by molar-refractivity contribution is 0.0940. The van der Waals surface area contributed by atoms with Crippen molar-refractivity contribution in [1.29, 1.82) is 0 Å². The van der Waals surface area contributed by atoms with Gasteiger partial charge in [-0.25, -0.2) is 0 Å². The minimum Gasteiger partial charge on any atom is -0.396 e. The number of aliphatic hydroxyl groups excluding tert-OH is 1. The van der Waals surface area contributed by atoms with E-state index in [2.05, 4.69) is 16.6 Å². The summed E-state index contributed by atoms with van der Waals surface area (Å²) in [6, 6.07) is 13.3. The zero-order valence-electron chi connectivity index (χ0n) is 13.2. The maximum Gasteiger partial charge on any atom is 0.251 e. The summed E-state index contributed by atoms with van der Waals surface area (Å²) >= 11 is 1.75. The summed E-state index contributed by atoms with van der Waals surface area (Å²) in [4.78, 5) is 16.4. The number of nitrogens with zero attached hydrogens (tertiary/aromatic N) is 1. The number of aliphatic hydroxyl groups is 1. The van der Waals surface area contributed by atoms with Gasteiger partial charge in [-0.1, -0.05) is 18.2 Å². The van der Waals surface area contributed by atoms with E-state index in [9.17, 15) is 9.90 Å². The van der Waals surface area contributed by atoms with Crippen LogP contribution in [0.1, 0.15) is 21.6 Å². The zero-order chi connectivity index (χ0) is 16.5. The first-order valence-corrected chi connectivity index (χ1v) is 8.99. The maximum atomic E-state index is 12.2. The SMILES string of the molecule is CSCc1ccc(C(=O)NCC(CO)Cc2ccccn2)cc1. The second-order valence-electron chi connectivity index (χ2n) is 5.41. The molecule has 0 saturated carbocycles. The highest BCUT2D eigenvalue weighted by atomic mass is 32.2. The molecule has 1 atom stereocenters. The average molecular weight is 330 g/mol. The molecule has 0 bridgehead atoms. The first kappa shape index (κ1) is 17.5. The molecule has 1 unspecified atom stereocenters. The van der Waals surface area contributed by atoms with Gasteiger partial charge in [0.15, 0.2) is 0 Å². The van der Waals surface area contributed by atoms with Gasteiger partial charge in [0, 0.05) is 42.3 Å². The van der Waals surface area contributed by atoms with Crippen LogP contribution in [0.15, 0.2) is 48.7 Å². The Morgan fingerprint density at radius 3 is 2.65 bits per heavy atom. The lowest BCUT2D eigenvalue weighted by Crippen LogP contribution is -2.32. The molecule has 4 nitrogen and oxygen atoms in total. The molecule has 1 heterocycles. The Kier molecular flexibility index (Phi) is 7.10. The van der Waals surface area contributed by atoms with Crippen LogP contribution in [0.4, 0.5) is 0 Å². The fraction of sp³-hybridized carbons (Fsp3) is 0.333. The molecule has 0 aliphatic carbocycles. The normalized spacial score (nSPS) is 11.9. The van der Waals surface area contributed by atoms with Crippen LogP contribution >= 0.6 is 11.8 Å². The number of aromatic nitrogens is 1. The standard InChI is InChI=1S/C18H22N2O2S/c1-23-13-14-5-7-16(8-6-14)18(22)20-11-15(12-21)10-17-4-2-3-9-19-17/h2-9,15,21H,10-13H2,1H3,(H,20,22). The number of thioether (sulfide) groups is 1. The van der Waals surface area contributed by atoms with E-state index in [0.717, 1.165) is 11.4 Å². The number of carbonyl (C=O) groups excluding carboxylic acids is 1. The van der Waals surface area contributed by atoms with E-state index < -0.39 is 0 Å². The summed E-state index contributed by atoms with van der Waals surface area (Å²) in [7, 11) is 0. The lowest BCUT2D eigenvalue weighted by atomic mass is 10.0. The van der Waals surface area contributed by atoms with Crippen LogP contribution in [0.25, 0.3) is 0 Å². The summed E-state index contributed by atoms with van der Waals surface area (Å²) < 4.78 is 0. The third-order valence-electron chi connectivity index (χ3n) is 3.56. The molecule has 0 radical (unpaired) electrons. The molecule has 1 amide bonds. The van der Waals surface area contributed by atoms with Crippen LogP contribution in [0.2, 0.25) is 0 Å². The van der Waals surface area contributed by atoms with Gasteiger partial charge >= 0.3 is 0 Å². The minimum atomic E-state index is -0.111. The summed E-state index contributed by atoms with van der Waals surface area (Å²) in [5.74, 6) is 0.795. The Morgan fingerprint density at radius 2 is 2.04 bits per heavy atom. The van der Waals surface area contributed by atoms with Crippen LogP contribution < -0.4 is 5.32 Å². The van der Waals surface area contributed by atoms with E-state index in [1.165, 1.54) is 5.56 Å². The Morgan fingerprint density at radius 1 is 1.26 bits per heavy atom. The molecule has 2 N–H and O–H groups in total. The van der Waals surface area contributed by atoms with Crippen LogP contribution in [-0.2, 0) is 12.2 Å². The van der Waals surface area contributed by atoms with Crippen LogP contribution in [0.3, 0.4) is 0 Å². The molecule has 0 aliphatic heterocycles. The predicted octanol–water partition coefficient (Wildman–Crippen LogP) is 2.53. The van der Waals surface area contributed by atoms with Crippen molar-refractivity contribution in [2.45, 2.75) is 12.2 Å². The highest BCUT2D eigenvalue weighted by Gasteiger charge is 2.12. The molecule has 0 fully saturated rings. The van der Waals surface area contributed by atoms with Crippen LogP contribution in [0, 0.1) is 5.92 Å². The fourth-order valence-corrected chi connectivity index (χ4v) is 2.80. The number of pyridine rings is 1.